The number of aryl methyl sites for hydroxylation is 2. The average molecular weight is 287 g/mol. The molecule has 0 spiro atoms. The van der Waals surface area contributed by atoms with Gasteiger partial charge in [-0.25, -0.2) is 9.97 Å². The number of aromatic nitrogens is 4. The molecule has 3 rings (SSSR count). The third-order valence-electron chi connectivity index (χ3n) is 3.78. The smallest absolute Gasteiger partial charge is 0.225 e. The van der Waals surface area contributed by atoms with Crippen LogP contribution in [0, 0.1) is 6.92 Å². The Morgan fingerprint density at radius 3 is 2.95 bits per heavy atom. The van der Waals surface area contributed by atoms with Gasteiger partial charge in [-0.05, 0) is 25.3 Å². The molecule has 3 heterocycles. The summed E-state index contributed by atoms with van der Waals surface area (Å²) >= 11 is 0. The highest BCUT2D eigenvalue weighted by atomic mass is 16.5. The molecule has 6 heteroatoms. The van der Waals surface area contributed by atoms with Crippen LogP contribution in [-0.4, -0.2) is 46.1 Å². The van der Waals surface area contributed by atoms with Gasteiger partial charge in [-0.3, -0.25) is 4.68 Å². The molecule has 1 atom stereocenters. The summed E-state index contributed by atoms with van der Waals surface area (Å²) in [6, 6.07) is 0. The summed E-state index contributed by atoms with van der Waals surface area (Å²) in [7, 11) is 3.92. The van der Waals surface area contributed by atoms with E-state index in [0.717, 1.165) is 48.8 Å². The van der Waals surface area contributed by atoms with Gasteiger partial charge in [-0.2, -0.15) is 5.10 Å². The summed E-state index contributed by atoms with van der Waals surface area (Å²) in [5.41, 5.74) is 3.01. The van der Waals surface area contributed by atoms with Crippen LogP contribution in [0.25, 0.3) is 11.3 Å². The molecule has 0 saturated carbocycles. The van der Waals surface area contributed by atoms with Crippen LogP contribution in [0.4, 0.5) is 5.95 Å². The zero-order valence-electron chi connectivity index (χ0n) is 12.8. The lowest BCUT2D eigenvalue weighted by molar-refractivity contribution is 0.116. The first kappa shape index (κ1) is 14.0. The summed E-state index contributed by atoms with van der Waals surface area (Å²) in [6.45, 7) is 3.72. The number of anilines is 1. The zero-order chi connectivity index (χ0) is 14.8. The maximum Gasteiger partial charge on any atom is 0.225 e. The largest absolute Gasteiger partial charge is 0.376 e. The van der Waals surface area contributed by atoms with E-state index in [9.17, 15) is 0 Å². The molecule has 0 bridgehead atoms. The van der Waals surface area contributed by atoms with Crippen LogP contribution in [0.1, 0.15) is 18.4 Å². The van der Waals surface area contributed by atoms with Crippen molar-refractivity contribution < 1.29 is 4.74 Å². The summed E-state index contributed by atoms with van der Waals surface area (Å²) in [4.78, 5) is 11.2. The first-order chi connectivity index (χ1) is 10.1. The maximum absolute atomic E-state index is 5.68. The van der Waals surface area contributed by atoms with Crippen molar-refractivity contribution >= 4 is 5.95 Å². The highest BCUT2D eigenvalue weighted by Crippen LogP contribution is 2.22. The van der Waals surface area contributed by atoms with Crippen LogP contribution in [0.5, 0.6) is 0 Å². The molecular weight excluding hydrogens is 266 g/mol. The second-order valence-corrected chi connectivity index (χ2v) is 5.62. The van der Waals surface area contributed by atoms with Gasteiger partial charge in [0.1, 0.15) is 0 Å². The van der Waals surface area contributed by atoms with Crippen LogP contribution >= 0.6 is 0 Å². The Hall–Kier alpha value is -1.95. The molecule has 0 radical (unpaired) electrons. The topological polar surface area (TPSA) is 56.1 Å². The van der Waals surface area contributed by atoms with E-state index in [1.165, 1.54) is 0 Å². The second-order valence-electron chi connectivity index (χ2n) is 5.62. The van der Waals surface area contributed by atoms with Gasteiger partial charge >= 0.3 is 0 Å². The van der Waals surface area contributed by atoms with Gasteiger partial charge in [0.25, 0.3) is 0 Å². The van der Waals surface area contributed by atoms with Gasteiger partial charge in [-0.1, -0.05) is 0 Å². The standard InChI is InChI=1S/C15H21N5O/c1-11-7-16-15(19(2)10-13-5-4-6-21-13)18-14(11)12-8-17-20(3)9-12/h7-9,13H,4-6,10H2,1-3H3/t13-/m0/s1. The number of hydrogen-bond donors (Lipinski definition) is 0. The molecule has 2 aromatic rings. The van der Waals surface area contributed by atoms with E-state index in [-0.39, 0.29) is 0 Å². The minimum absolute atomic E-state index is 0.293. The Morgan fingerprint density at radius 2 is 2.29 bits per heavy atom. The van der Waals surface area contributed by atoms with Crippen LogP contribution < -0.4 is 4.90 Å². The number of likely N-dealkylation sites (N-methyl/N-ethyl adjacent to an activating group) is 1. The minimum Gasteiger partial charge on any atom is -0.376 e. The molecule has 112 valence electrons. The summed E-state index contributed by atoms with van der Waals surface area (Å²) < 4.78 is 7.46. The van der Waals surface area contributed by atoms with Crippen molar-refractivity contribution in [3.05, 3.63) is 24.2 Å². The van der Waals surface area contributed by atoms with Crippen LogP contribution in [-0.2, 0) is 11.8 Å². The Balaban J connectivity index is 1.82. The summed E-state index contributed by atoms with van der Waals surface area (Å²) in [5.74, 6) is 0.731. The number of hydrogen-bond acceptors (Lipinski definition) is 5. The van der Waals surface area contributed by atoms with E-state index in [0.29, 0.717) is 6.10 Å². The van der Waals surface area contributed by atoms with Gasteiger partial charge in [0.05, 0.1) is 18.0 Å². The van der Waals surface area contributed by atoms with Crippen molar-refractivity contribution in [3.63, 3.8) is 0 Å². The van der Waals surface area contributed by atoms with Gasteiger partial charge in [0, 0.05) is 45.2 Å². The minimum atomic E-state index is 0.293. The monoisotopic (exact) mass is 287 g/mol. The molecule has 21 heavy (non-hydrogen) atoms. The lowest BCUT2D eigenvalue weighted by atomic mass is 10.1. The average Bonchev–Trinajstić information content (AvgIpc) is 3.11. The molecule has 0 N–H and O–H groups in total. The highest BCUT2D eigenvalue weighted by molar-refractivity contribution is 5.62. The van der Waals surface area contributed by atoms with Crippen molar-refractivity contribution in [2.75, 3.05) is 25.1 Å². The van der Waals surface area contributed by atoms with E-state index >= 15 is 0 Å². The number of ether oxygens (including phenoxy) is 1. The first-order valence-corrected chi connectivity index (χ1v) is 7.29. The van der Waals surface area contributed by atoms with E-state index in [1.807, 2.05) is 39.6 Å². The molecule has 0 aromatic carbocycles. The molecule has 0 amide bonds. The van der Waals surface area contributed by atoms with Crippen molar-refractivity contribution in [2.45, 2.75) is 25.9 Å². The highest BCUT2D eigenvalue weighted by Gasteiger charge is 2.19. The lowest BCUT2D eigenvalue weighted by Gasteiger charge is -2.21. The molecule has 1 fully saturated rings. The molecule has 1 aliphatic heterocycles. The van der Waals surface area contributed by atoms with Crippen LogP contribution in [0.2, 0.25) is 0 Å². The summed E-state index contributed by atoms with van der Waals surface area (Å²) in [6.07, 6.45) is 8.23. The number of nitrogens with zero attached hydrogens (tertiary/aromatic N) is 5. The Labute approximate surface area is 124 Å². The maximum atomic E-state index is 5.68. The fourth-order valence-corrected chi connectivity index (χ4v) is 2.63. The quantitative estimate of drug-likeness (QED) is 0.858. The molecule has 1 aliphatic rings. The van der Waals surface area contributed by atoms with Gasteiger partial charge < -0.3 is 9.64 Å². The Morgan fingerprint density at radius 1 is 1.43 bits per heavy atom. The molecule has 2 aromatic heterocycles. The van der Waals surface area contributed by atoms with E-state index < -0.39 is 0 Å². The normalized spacial score (nSPS) is 18.1. The van der Waals surface area contributed by atoms with Gasteiger partial charge in [0.2, 0.25) is 5.95 Å². The lowest BCUT2D eigenvalue weighted by Crippen LogP contribution is -2.30. The SMILES string of the molecule is Cc1cnc(N(C)C[C@@H]2CCCO2)nc1-c1cnn(C)c1. The first-order valence-electron chi connectivity index (χ1n) is 7.29. The Bertz CT molecular complexity index is 618. The van der Waals surface area contributed by atoms with Gasteiger partial charge in [0.15, 0.2) is 0 Å². The van der Waals surface area contributed by atoms with Crippen molar-refractivity contribution in [3.8, 4) is 11.3 Å². The van der Waals surface area contributed by atoms with Crippen LogP contribution in [0.3, 0.4) is 0 Å². The van der Waals surface area contributed by atoms with Crippen molar-refractivity contribution in [2.24, 2.45) is 7.05 Å². The molecule has 0 unspecified atom stereocenters. The molecule has 0 aliphatic carbocycles. The fourth-order valence-electron chi connectivity index (χ4n) is 2.63. The Kier molecular flexibility index (Phi) is 3.88. The predicted molar refractivity (Wildman–Crippen MR) is 81.2 cm³/mol. The van der Waals surface area contributed by atoms with Gasteiger partial charge in [-0.15, -0.1) is 0 Å². The predicted octanol–water partition coefficient (Wildman–Crippen LogP) is 1.80. The molecule has 6 nitrogen and oxygen atoms in total. The summed E-state index contributed by atoms with van der Waals surface area (Å²) in [5, 5.41) is 4.21. The van der Waals surface area contributed by atoms with E-state index in [1.54, 1.807) is 4.68 Å². The molecule has 1 saturated heterocycles. The van der Waals surface area contributed by atoms with Crippen LogP contribution in [0.15, 0.2) is 18.6 Å². The third kappa shape index (κ3) is 3.05. The van der Waals surface area contributed by atoms with E-state index in [4.69, 9.17) is 9.72 Å². The zero-order valence-corrected chi connectivity index (χ0v) is 12.8. The molecular formula is C15H21N5O. The second kappa shape index (κ2) is 5.81. The number of rotatable bonds is 4. The third-order valence-corrected chi connectivity index (χ3v) is 3.78. The van der Waals surface area contributed by atoms with E-state index in [2.05, 4.69) is 15.0 Å². The van der Waals surface area contributed by atoms with Crippen molar-refractivity contribution in [1.29, 1.82) is 0 Å². The fraction of sp³-hybridized carbons (Fsp3) is 0.533. The van der Waals surface area contributed by atoms with Crippen molar-refractivity contribution in [1.82, 2.24) is 19.7 Å².